The summed E-state index contributed by atoms with van der Waals surface area (Å²) in [7, 11) is 0. The smallest absolute Gasteiger partial charge is 0.0882 e. The molecule has 0 spiro atoms. The van der Waals surface area contributed by atoms with Gasteiger partial charge in [0.15, 0.2) is 0 Å². The molecule has 0 unspecified atom stereocenters. The van der Waals surface area contributed by atoms with Gasteiger partial charge in [0.2, 0.25) is 0 Å². The first-order valence-corrected chi connectivity index (χ1v) is 3.08. The fourth-order valence-corrected chi connectivity index (χ4v) is 1.17. The molecule has 1 rings (SSSR count). The molecule has 0 aliphatic heterocycles. The van der Waals surface area contributed by atoms with Crippen molar-refractivity contribution < 1.29 is 5.11 Å². The lowest BCUT2D eigenvalue weighted by Crippen LogP contribution is -2.21. The van der Waals surface area contributed by atoms with Crippen LogP contribution in [0.5, 0.6) is 0 Å². The Morgan fingerprint density at radius 2 is 2.12 bits per heavy atom. The Hall–Kier alpha value is -0.460. The summed E-state index contributed by atoms with van der Waals surface area (Å²) in [6.07, 6.45) is 2.27. The van der Waals surface area contributed by atoms with Crippen LogP contribution in [0.3, 0.4) is 0 Å². The highest BCUT2D eigenvalue weighted by atomic mass is 16.3. The molecular weight excluding hydrogens is 100 g/mol. The fourth-order valence-electron chi connectivity index (χ4n) is 1.17. The number of allylic oxidation sites excluding steroid dienone is 1. The van der Waals surface area contributed by atoms with Crippen molar-refractivity contribution in [1.29, 1.82) is 0 Å². The van der Waals surface area contributed by atoms with Crippen LogP contribution in [0.4, 0.5) is 0 Å². The third kappa shape index (κ3) is 0.857. The van der Waals surface area contributed by atoms with Crippen LogP contribution in [0.15, 0.2) is 12.3 Å². The van der Waals surface area contributed by atoms with Gasteiger partial charge in [-0.3, -0.25) is 0 Å². The van der Waals surface area contributed by atoms with E-state index in [1.807, 2.05) is 0 Å². The highest BCUT2D eigenvalue weighted by Gasteiger charge is 2.26. The van der Waals surface area contributed by atoms with Crippen molar-refractivity contribution in [2.24, 2.45) is 11.8 Å². The second kappa shape index (κ2) is 1.81. The minimum absolute atomic E-state index is 0.378. The van der Waals surface area contributed by atoms with E-state index in [1.165, 1.54) is 0 Å². The largest absolute Gasteiger partial charge is 0.513 e. The van der Waals surface area contributed by atoms with Gasteiger partial charge in [0.25, 0.3) is 0 Å². The second-order valence-corrected chi connectivity index (χ2v) is 2.76. The van der Waals surface area contributed by atoms with Gasteiger partial charge in [-0.05, 0) is 18.8 Å². The van der Waals surface area contributed by atoms with Gasteiger partial charge in [0.05, 0.1) is 5.76 Å². The van der Waals surface area contributed by atoms with E-state index in [0.29, 0.717) is 11.7 Å². The van der Waals surface area contributed by atoms with E-state index in [0.717, 1.165) is 18.8 Å². The van der Waals surface area contributed by atoms with Crippen molar-refractivity contribution in [3.05, 3.63) is 12.3 Å². The van der Waals surface area contributed by atoms with Crippen molar-refractivity contribution in [1.82, 2.24) is 0 Å². The van der Waals surface area contributed by atoms with Crippen molar-refractivity contribution in [2.45, 2.75) is 19.8 Å². The zero-order chi connectivity index (χ0) is 6.15. The van der Waals surface area contributed by atoms with Crippen molar-refractivity contribution in [2.75, 3.05) is 0 Å². The van der Waals surface area contributed by atoms with Crippen LogP contribution in [0, 0.1) is 11.8 Å². The Morgan fingerprint density at radius 3 is 2.25 bits per heavy atom. The van der Waals surface area contributed by atoms with E-state index >= 15 is 0 Å². The Kier molecular flexibility index (Phi) is 1.28. The summed E-state index contributed by atoms with van der Waals surface area (Å²) in [5, 5.41) is 8.80. The van der Waals surface area contributed by atoms with E-state index in [-0.39, 0.29) is 0 Å². The Balaban J connectivity index is 2.25. The van der Waals surface area contributed by atoms with Gasteiger partial charge in [-0.2, -0.15) is 0 Å². The first-order valence-electron chi connectivity index (χ1n) is 3.08. The summed E-state index contributed by atoms with van der Waals surface area (Å²) in [5.41, 5.74) is 0. The first kappa shape index (κ1) is 5.67. The predicted octanol–water partition coefficient (Wildman–Crippen LogP) is 2.10. The first-order chi connectivity index (χ1) is 3.70. The van der Waals surface area contributed by atoms with E-state index in [2.05, 4.69) is 13.5 Å². The van der Waals surface area contributed by atoms with Gasteiger partial charge in [-0.15, -0.1) is 0 Å². The van der Waals surface area contributed by atoms with E-state index in [9.17, 15) is 0 Å². The summed E-state index contributed by atoms with van der Waals surface area (Å²) < 4.78 is 0. The summed E-state index contributed by atoms with van der Waals surface area (Å²) in [4.78, 5) is 0. The van der Waals surface area contributed by atoms with Gasteiger partial charge in [0.1, 0.15) is 0 Å². The zero-order valence-corrected chi connectivity index (χ0v) is 5.22. The van der Waals surface area contributed by atoms with Gasteiger partial charge < -0.3 is 5.11 Å². The Morgan fingerprint density at radius 1 is 1.62 bits per heavy atom. The molecule has 0 radical (unpaired) electrons. The highest BCUT2D eigenvalue weighted by Crippen LogP contribution is 2.36. The third-order valence-electron chi connectivity index (χ3n) is 1.85. The average Bonchev–Trinajstić information content (AvgIpc) is 1.57. The maximum atomic E-state index is 8.80. The van der Waals surface area contributed by atoms with Crippen LogP contribution >= 0.6 is 0 Å². The summed E-state index contributed by atoms with van der Waals surface area (Å²) in [5.74, 6) is 1.61. The van der Waals surface area contributed by atoms with Crippen molar-refractivity contribution in [3.63, 3.8) is 0 Å². The second-order valence-electron chi connectivity index (χ2n) is 2.76. The van der Waals surface area contributed by atoms with E-state index < -0.39 is 0 Å². The summed E-state index contributed by atoms with van der Waals surface area (Å²) >= 11 is 0. The van der Waals surface area contributed by atoms with E-state index in [4.69, 9.17) is 5.11 Å². The fraction of sp³-hybridized carbons (Fsp3) is 0.714. The normalized spacial score (nSPS) is 36.1. The SMILES string of the molecule is C=C(O)C1CC(C)C1. The molecule has 1 aliphatic rings. The van der Waals surface area contributed by atoms with Crippen LogP contribution in [0.25, 0.3) is 0 Å². The molecule has 46 valence electrons. The molecule has 0 aromatic heterocycles. The maximum absolute atomic E-state index is 8.80. The number of hydrogen-bond donors (Lipinski definition) is 1. The molecular formula is C7H12O. The van der Waals surface area contributed by atoms with Gasteiger partial charge in [0, 0.05) is 5.92 Å². The van der Waals surface area contributed by atoms with Gasteiger partial charge in [-0.1, -0.05) is 13.5 Å². The van der Waals surface area contributed by atoms with Crippen LogP contribution in [0.2, 0.25) is 0 Å². The molecule has 1 aliphatic carbocycles. The Labute approximate surface area is 50.0 Å². The van der Waals surface area contributed by atoms with Gasteiger partial charge >= 0.3 is 0 Å². The van der Waals surface area contributed by atoms with Crippen LogP contribution in [0.1, 0.15) is 19.8 Å². The lowest BCUT2D eigenvalue weighted by atomic mass is 9.75. The molecule has 0 saturated heterocycles. The molecule has 1 nitrogen and oxygen atoms in total. The molecule has 1 fully saturated rings. The monoisotopic (exact) mass is 112 g/mol. The number of aliphatic hydroxyl groups excluding tert-OH is 1. The number of hydrogen-bond acceptors (Lipinski definition) is 1. The number of rotatable bonds is 1. The number of aliphatic hydroxyl groups is 1. The maximum Gasteiger partial charge on any atom is 0.0882 e. The van der Waals surface area contributed by atoms with Crippen molar-refractivity contribution in [3.8, 4) is 0 Å². The molecule has 1 saturated carbocycles. The minimum Gasteiger partial charge on any atom is -0.513 e. The van der Waals surface area contributed by atoms with Crippen LogP contribution < -0.4 is 0 Å². The quantitative estimate of drug-likeness (QED) is 0.515. The lowest BCUT2D eigenvalue weighted by Gasteiger charge is -2.31. The molecule has 0 aromatic carbocycles. The molecule has 1 heteroatoms. The zero-order valence-electron chi connectivity index (χ0n) is 5.22. The topological polar surface area (TPSA) is 20.2 Å². The predicted molar refractivity (Wildman–Crippen MR) is 33.7 cm³/mol. The molecule has 0 aromatic rings. The summed E-state index contributed by atoms with van der Waals surface area (Å²) in [6.45, 7) is 5.66. The summed E-state index contributed by atoms with van der Waals surface area (Å²) in [6, 6.07) is 0. The minimum atomic E-state index is 0.378. The molecule has 0 atom stereocenters. The van der Waals surface area contributed by atoms with Crippen molar-refractivity contribution >= 4 is 0 Å². The molecule has 0 amide bonds. The van der Waals surface area contributed by atoms with Crippen LogP contribution in [-0.2, 0) is 0 Å². The standard InChI is InChI=1S/C7H12O/c1-5-3-7(4-5)6(2)8/h5,7-8H,2-4H2,1H3. The average molecular weight is 112 g/mol. The molecule has 0 bridgehead atoms. The third-order valence-corrected chi connectivity index (χ3v) is 1.85. The molecule has 8 heavy (non-hydrogen) atoms. The Bertz CT molecular complexity index is 101. The molecule has 0 heterocycles. The van der Waals surface area contributed by atoms with Gasteiger partial charge in [-0.25, -0.2) is 0 Å². The highest BCUT2D eigenvalue weighted by molar-refractivity contribution is 4.95. The lowest BCUT2D eigenvalue weighted by molar-refractivity contribution is 0.183. The van der Waals surface area contributed by atoms with Crippen LogP contribution in [-0.4, -0.2) is 5.11 Å². The van der Waals surface area contributed by atoms with E-state index in [1.54, 1.807) is 0 Å². The molecule has 1 N–H and O–H groups in total.